The van der Waals surface area contributed by atoms with E-state index in [1.807, 2.05) is 24.1 Å². The Labute approximate surface area is 162 Å². The molecular formula is C15H21ClIN3O2S. The molecule has 0 aliphatic carbocycles. The molecule has 1 atom stereocenters. The van der Waals surface area contributed by atoms with Crippen molar-refractivity contribution < 1.29 is 9.52 Å². The maximum absolute atomic E-state index is 10.4. The van der Waals surface area contributed by atoms with E-state index in [1.54, 1.807) is 43.7 Å². The van der Waals surface area contributed by atoms with Gasteiger partial charge >= 0.3 is 0 Å². The third kappa shape index (κ3) is 5.66. The normalized spacial score (nSPS) is 14.0. The van der Waals surface area contributed by atoms with Crippen LogP contribution in [0, 0.1) is 0 Å². The van der Waals surface area contributed by atoms with Crippen molar-refractivity contribution in [1.29, 1.82) is 0 Å². The molecule has 128 valence electrons. The first-order valence-electron chi connectivity index (χ1n) is 6.85. The Balaban J connectivity index is 0.00000264. The molecule has 0 amide bonds. The fourth-order valence-electron chi connectivity index (χ4n) is 2.05. The van der Waals surface area contributed by atoms with Crippen LogP contribution in [0.15, 0.2) is 39.9 Å². The van der Waals surface area contributed by atoms with Crippen LogP contribution in [-0.2, 0) is 12.1 Å². The van der Waals surface area contributed by atoms with Gasteiger partial charge < -0.3 is 19.7 Å². The molecule has 8 heteroatoms. The number of nitrogens with one attached hydrogen (secondary N) is 1. The Morgan fingerprint density at radius 3 is 2.74 bits per heavy atom. The number of guanidine groups is 1. The first-order chi connectivity index (χ1) is 10.4. The van der Waals surface area contributed by atoms with Gasteiger partial charge in [0.1, 0.15) is 11.4 Å². The van der Waals surface area contributed by atoms with Gasteiger partial charge in [-0.2, -0.15) is 0 Å². The lowest BCUT2D eigenvalue weighted by Gasteiger charge is -2.26. The molecule has 2 aromatic heterocycles. The fraction of sp³-hybridized carbons (Fsp3) is 0.400. The van der Waals surface area contributed by atoms with Gasteiger partial charge in [0.05, 0.1) is 23.7 Å². The van der Waals surface area contributed by atoms with Crippen LogP contribution in [0.1, 0.15) is 17.6 Å². The first-order valence-corrected chi connectivity index (χ1v) is 8.04. The highest BCUT2D eigenvalue weighted by atomic mass is 127. The zero-order valence-corrected chi connectivity index (χ0v) is 17.1. The maximum atomic E-state index is 10.4. The smallest absolute Gasteiger partial charge is 0.193 e. The van der Waals surface area contributed by atoms with E-state index in [-0.39, 0.29) is 24.0 Å². The van der Waals surface area contributed by atoms with Gasteiger partial charge in [-0.25, -0.2) is 0 Å². The lowest BCUT2D eigenvalue weighted by molar-refractivity contribution is 0.0381. The SMILES string of the molecule is CN=C(NCC(C)(O)c1ccco1)N(C)Cc1ccc(Cl)s1.I. The van der Waals surface area contributed by atoms with Gasteiger partial charge in [-0.1, -0.05) is 11.6 Å². The third-order valence-electron chi connectivity index (χ3n) is 3.24. The Bertz CT molecular complexity index is 628. The molecule has 2 rings (SSSR count). The van der Waals surface area contributed by atoms with Crippen LogP contribution < -0.4 is 5.32 Å². The van der Waals surface area contributed by atoms with E-state index < -0.39 is 5.60 Å². The summed E-state index contributed by atoms with van der Waals surface area (Å²) in [4.78, 5) is 7.36. The van der Waals surface area contributed by atoms with Crippen LogP contribution in [0.5, 0.6) is 0 Å². The molecule has 5 nitrogen and oxygen atoms in total. The number of halogens is 2. The fourth-order valence-corrected chi connectivity index (χ4v) is 3.19. The van der Waals surface area contributed by atoms with E-state index in [2.05, 4.69) is 10.3 Å². The van der Waals surface area contributed by atoms with E-state index in [1.165, 1.54) is 0 Å². The second-order valence-electron chi connectivity index (χ2n) is 5.21. The number of hydrogen-bond acceptors (Lipinski definition) is 4. The average molecular weight is 470 g/mol. The van der Waals surface area contributed by atoms with Crippen LogP contribution in [0.3, 0.4) is 0 Å². The maximum Gasteiger partial charge on any atom is 0.193 e. The van der Waals surface area contributed by atoms with E-state index in [4.69, 9.17) is 16.0 Å². The number of rotatable bonds is 5. The highest BCUT2D eigenvalue weighted by Crippen LogP contribution is 2.23. The highest BCUT2D eigenvalue weighted by Gasteiger charge is 2.26. The summed E-state index contributed by atoms with van der Waals surface area (Å²) in [6.45, 7) is 2.69. The average Bonchev–Trinajstić information content (AvgIpc) is 3.11. The van der Waals surface area contributed by atoms with Crippen LogP contribution in [0.4, 0.5) is 0 Å². The highest BCUT2D eigenvalue weighted by molar-refractivity contribution is 14.0. The minimum Gasteiger partial charge on any atom is -0.466 e. The van der Waals surface area contributed by atoms with Gasteiger partial charge in [-0.3, -0.25) is 4.99 Å². The molecule has 0 spiro atoms. The molecule has 1 unspecified atom stereocenters. The summed E-state index contributed by atoms with van der Waals surface area (Å²) >= 11 is 7.49. The van der Waals surface area contributed by atoms with Crippen LogP contribution >= 0.6 is 46.9 Å². The van der Waals surface area contributed by atoms with Gasteiger partial charge in [-0.15, -0.1) is 35.3 Å². The van der Waals surface area contributed by atoms with E-state index in [0.29, 0.717) is 24.8 Å². The molecule has 0 radical (unpaired) electrons. The molecular weight excluding hydrogens is 449 g/mol. The zero-order chi connectivity index (χ0) is 16.2. The van der Waals surface area contributed by atoms with Crippen molar-refractivity contribution in [3.8, 4) is 0 Å². The van der Waals surface area contributed by atoms with Crippen molar-refractivity contribution >= 4 is 52.9 Å². The number of nitrogens with zero attached hydrogens (tertiary/aromatic N) is 2. The second kappa shape index (κ2) is 8.91. The van der Waals surface area contributed by atoms with Crippen molar-refractivity contribution in [3.05, 3.63) is 45.5 Å². The van der Waals surface area contributed by atoms with Gasteiger partial charge in [0.25, 0.3) is 0 Å². The predicted octanol–water partition coefficient (Wildman–Crippen LogP) is 3.53. The van der Waals surface area contributed by atoms with Gasteiger partial charge in [0, 0.05) is 19.0 Å². The minimum absolute atomic E-state index is 0. The standard InChI is InChI=1S/C15H20ClN3O2S.HI/c1-15(20,12-5-4-8-21-12)10-18-14(17-2)19(3)9-11-6-7-13(16)22-11;/h4-8,20H,9-10H2,1-3H3,(H,17,18);1H. The summed E-state index contributed by atoms with van der Waals surface area (Å²) < 4.78 is 6.04. The molecule has 0 saturated heterocycles. The monoisotopic (exact) mass is 469 g/mol. The molecule has 0 fully saturated rings. The molecule has 0 aliphatic rings. The Morgan fingerprint density at radius 1 is 1.48 bits per heavy atom. The van der Waals surface area contributed by atoms with E-state index in [0.717, 1.165) is 9.21 Å². The van der Waals surface area contributed by atoms with Crippen molar-refractivity contribution in [2.75, 3.05) is 20.6 Å². The zero-order valence-electron chi connectivity index (χ0n) is 13.2. The number of furan rings is 1. The molecule has 2 aromatic rings. The Morgan fingerprint density at radius 2 is 2.22 bits per heavy atom. The minimum atomic E-state index is -1.10. The largest absolute Gasteiger partial charge is 0.466 e. The summed E-state index contributed by atoms with van der Waals surface area (Å²) in [6, 6.07) is 7.39. The van der Waals surface area contributed by atoms with E-state index in [9.17, 15) is 5.11 Å². The quantitative estimate of drug-likeness (QED) is 0.400. The molecule has 0 saturated carbocycles. The molecule has 0 aliphatic heterocycles. The molecule has 23 heavy (non-hydrogen) atoms. The second-order valence-corrected chi connectivity index (χ2v) is 7.01. The number of thiophene rings is 1. The van der Waals surface area contributed by atoms with Crippen LogP contribution in [0.25, 0.3) is 0 Å². The molecule has 2 heterocycles. The van der Waals surface area contributed by atoms with Gasteiger partial charge in [0.2, 0.25) is 0 Å². The topological polar surface area (TPSA) is 61.0 Å². The molecule has 0 bridgehead atoms. The van der Waals surface area contributed by atoms with E-state index >= 15 is 0 Å². The van der Waals surface area contributed by atoms with Crippen LogP contribution in [-0.4, -0.2) is 36.6 Å². The van der Waals surface area contributed by atoms with Crippen molar-refractivity contribution in [2.45, 2.75) is 19.1 Å². The summed E-state index contributed by atoms with van der Waals surface area (Å²) in [5, 5.41) is 13.6. The molecule has 0 aromatic carbocycles. The summed E-state index contributed by atoms with van der Waals surface area (Å²) in [6.07, 6.45) is 1.55. The van der Waals surface area contributed by atoms with Crippen molar-refractivity contribution in [1.82, 2.24) is 10.2 Å². The Hall–Kier alpha value is -0.770. The summed E-state index contributed by atoms with van der Waals surface area (Å²) in [5.74, 6) is 1.21. The molecule has 2 N–H and O–H groups in total. The predicted molar refractivity (Wildman–Crippen MR) is 106 cm³/mol. The lowest BCUT2D eigenvalue weighted by atomic mass is 10.0. The van der Waals surface area contributed by atoms with Crippen molar-refractivity contribution in [3.63, 3.8) is 0 Å². The number of aliphatic imine (C=N–C) groups is 1. The van der Waals surface area contributed by atoms with Crippen molar-refractivity contribution in [2.24, 2.45) is 4.99 Å². The lowest BCUT2D eigenvalue weighted by Crippen LogP contribution is -2.44. The van der Waals surface area contributed by atoms with Gasteiger partial charge in [0.15, 0.2) is 5.96 Å². The number of hydrogen-bond donors (Lipinski definition) is 2. The number of aliphatic hydroxyl groups is 1. The van der Waals surface area contributed by atoms with Crippen LogP contribution in [0.2, 0.25) is 4.34 Å². The third-order valence-corrected chi connectivity index (χ3v) is 4.45. The van der Waals surface area contributed by atoms with Gasteiger partial charge in [-0.05, 0) is 31.2 Å². The summed E-state index contributed by atoms with van der Waals surface area (Å²) in [7, 11) is 3.65. The summed E-state index contributed by atoms with van der Waals surface area (Å²) in [5.41, 5.74) is -1.10. The Kier molecular flexibility index (Phi) is 7.85. The first kappa shape index (κ1) is 20.3.